The van der Waals surface area contributed by atoms with Crippen molar-refractivity contribution in [2.24, 2.45) is 5.92 Å². The lowest BCUT2D eigenvalue weighted by molar-refractivity contribution is -0.122. The number of amides is 2. The van der Waals surface area contributed by atoms with Gasteiger partial charge in [-0.2, -0.15) is 5.26 Å². The molecule has 8 heteroatoms. The number of nitrogens with zero attached hydrogens (tertiary/aromatic N) is 2. The highest BCUT2D eigenvalue weighted by Crippen LogP contribution is 2.34. The molecule has 0 saturated carbocycles. The van der Waals surface area contributed by atoms with Crippen LogP contribution in [0.5, 0.6) is 0 Å². The van der Waals surface area contributed by atoms with Crippen molar-refractivity contribution in [3.05, 3.63) is 46.3 Å². The molecule has 2 aromatic rings. The van der Waals surface area contributed by atoms with Gasteiger partial charge in [-0.1, -0.05) is 18.2 Å². The van der Waals surface area contributed by atoms with Crippen molar-refractivity contribution in [2.45, 2.75) is 20.3 Å². The summed E-state index contributed by atoms with van der Waals surface area (Å²) in [4.78, 5) is 39.0. The van der Waals surface area contributed by atoms with Crippen molar-refractivity contribution in [2.75, 3.05) is 23.4 Å². The average Bonchev–Trinajstić information content (AvgIpc) is 3.22. The van der Waals surface area contributed by atoms with Gasteiger partial charge < -0.3 is 15.0 Å². The molecule has 1 atom stereocenters. The number of carbonyl (C=O) groups is 3. The maximum absolute atomic E-state index is 12.7. The summed E-state index contributed by atoms with van der Waals surface area (Å²) in [5.74, 6) is -1.53. The minimum Gasteiger partial charge on any atom is -0.462 e. The number of benzene rings is 1. The van der Waals surface area contributed by atoms with E-state index in [0.29, 0.717) is 15.4 Å². The van der Waals surface area contributed by atoms with Gasteiger partial charge in [0.25, 0.3) is 0 Å². The van der Waals surface area contributed by atoms with Gasteiger partial charge in [-0.15, -0.1) is 11.3 Å². The minimum absolute atomic E-state index is 0.0949. The summed E-state index contributed by atoms with van der Waals surface area (Å²) >= 11 is 1.02. The Labute approximate surface area is 166 Å². The fourth-order valence-electron chi connectivity index (χ4n) is 3.08. The maximum Gasteiger partial charge on any atom is 0.348 e. The molecule has 1 saturated heterocycles. The van der Waals surface area contributed by atoms with Crippen LogP contribution in [-0.2, 0) is 14.3 Å². The fourth-order valence-corrected chi connectivity index (χ4v) is 4.14. The van der Waals surface area contributed by atoms with Crippen LogP contribution in [0.3, 0.4) is 0 Å². The Morgan fingerprint density at radius 3 is 2.71 bits per heavy atom. The van der Waals surface area contributed by atoms with Crippen LogP contribution in [0, 0.1) is 24.2 Å². The Morgan fingerprint density at radius 1 is 1.36 bits per heavy atom. The Hall–Kier alpha value is -3.18. The van der Waals surface area contributed by atoms with Crippen molar-refractivity contribution in [3.63, 3.8) is 0 Å². The normalized spacial score (nSPS) is 16.0. The zero-order chi connectivity index (χ0) is 20.3. The molecule has 0 aliphatic carbocycles. The van der Waals surface area contributed by atoms with Gasteiger partial charge in [0.15, 0.2) is 0 Å². The molecular formula is C20H19N3O4S. The molecule has 1 aromatic heterocycles. The number of hydrogen-bond acceptors (Lipinski definition) is 6. The number of thiophene rings is 1. The Morgan fingerprint density at radius 2 is 2.07 bits per heavy atom. The number of hydrogen-bond donors (Lipinski definition) is 1. The summed E-state index contributed by atoms with van der Waals surface area (Å²) in [6.45, 7) is 3.84. The SMILES string of the molecule is CCOC(=O)c1sc(NC(=O)[C@@H]2CC(=O)N(c3ccccc3)C2)c(C#N)c1C. The van der Waals surface area contributed by atoms with E-state index in [0.717, 1.165) is 17.0 Å². The van der Waals surface area contributed by atoms with Gasteiger partial charge in [0.2, 0.25) is 11.8 Å². The van der Waals surface area contributed by atoms with E-state index in [1.165, 1.54) is 0 Å². The highest BCUT2D eigenvalue weighted by Gasteiger charge is 2.36. The summed E-state index contributed by atoms with van der Waals surface area (Å²) in [5, 5.41) is 12.5. The topological polar surface area (TPSA) is 99.5 Å². The van der Waals surface area contributed by atoms with Gasteiger partial charge >= 0.3 is 5.97 Å². The molecule has 144 valence electrons. The molecule has 3 rings (SSSR count). The smallest absolute Gasteiger partial charge is 0.348 e. The third-order valence-corrected chi connectivity index (χ3v) is 5.71. The second-order valence-corrected chi connectivity index (χ2v) is 7.34. The van der Waals surface area contributed by atoms with E-state index < -0.39 is 11.9 Å². The standard InChI is InChI=1S/C20H19N3O4S/c1-3-27-20(26)17-12(2)15(10-21)19(28-17)22-18(25)13-9-16(24)23(11-13)14-7-5-4-6-8-14/h4-8,13H,3,9,11H2,1-2H3,(H,22,25)/t13-/m1/s1. The molecule has 1 aliphatic rings. The molecule has 28 heavy (non-hydrogen) atoms. The van der Waals surface area contributed by atoms with Gasteiger partial charge in [0, 0.05) is 18.7 Å². The lowest BCUT2D eigenvalue weighted by Crippen LogP contribution is -2.28. The predicted octanol–water partition coefficient (Wildman–Crippen LogP) is 3.10. The second kappa shape index (κ2) is 8.23. The van der Waals surface area contributed by atoms with E-state index in [1.807, 2.05) is 36.4 Å². The summed E-state index contributed by atoms with van der Waals surface area (Å²) in [5.41, 5.74) is 1.47. The Kier molecular flexibility index (Phi) is 5.76. The first kappa shape index (κ1) is 19.6. The molecule has 0 radical (unpaired) electrons. The number of ether oxygens (including phenoxy) is 1. The van der Waals surface area contributed by atoms with Gasteiger partial charge in [-0.25, -0.2) is 4.79 Å². The first-order chi connectivity index (χ1) is 13.5. The van der Waals surface area contributed by atoms with Crippen molar-refractivity contribution in [3.8, 4) is 6.07 Å². The van der Waals surface area contributed by atoms with Crippen molar-refractivity contribution < 1.29 is 19.1 Å². The molecule has 1 N–H and O–H groups in total. The van der Waals surface area contributed by atoms with Gasteiger partial charge in [-0.05, 0) is 31.5 Å². The van der Waals surface area contributed by atoms with E-state index in [-0.39, 0.29) is 37.0 Å². The van der Waals surface area contributed by atoms with Crippen LogP contribution in [0.4, 0.5) is 10.7 Å². The molecule has 0 spiro atoms. The van der Waals surface area contributed by atoms with Crippen molar-refractivity contribution >= 4 is 39.8 Å². The Balaban J connectivity index is 1.77. The monoisotopic (exact) mass is 397 g/mol. The molecule has 1 aromatic carbocycles. The molecule has 1 aliphatic heterocycles. The fraction of sp³-hybridized carbons (Fsp3) is 0.300. The summed E-state index contributed by atoms with van der Waals surface area (Å²) in [6, 6.07) is 11.2. The first-order valence-corrected chi connectivity index (χ1v) is 9.64. The third kappa shape index (κ3) is 3.75. The number of rotatable bonds is 5. The van der Waals surface area contributed by atoms with Gasteiger partial charge in [-0.3, -0.25) is 9.59 Å². The van der Waals surface area contributed by atoms with E-state index >= 15 is 0 Å². The molecule has 2 heterocycles. The summed E-state index contributed by atoms with van der Waals surface area (Å²) in [7, 11) is 0. The quantitative estimate of drug-likeness (QED) is 0.782. The van der Waals surface area contributed by atoms with Crippen LogP contribution < -0.4 is 10.2 Å². The number of anilines is 2. The van der Waals surface area contributed by atoms with Crippen molar-refractivity contribution in [1.82, 2.24) is 0 Å². The van der Waals surface area contributed by atoms with Crippen LogP contribution in [0.15, 0.2) is 30.3 Å². The van der Waals surface area contributed by atoms with E-state index in [2.05, 4.69) is 5.32 Å². The Bertz CT molecular complexity index is 962. The molecule has 7 nitrogen and oxygen atoms in total. The van der Waals surface area contributed by atoms with Crippen molar-refractivity contribution in [1.29, 1.82) is 5.26 Å². The molecular weight excluding hydrogens is 378 g/mol. The number of carbonyl (C=O) groups excluding carboxylic acids is 3. The van der Waals surface area contributed by atoms with E-state index in [1.54, 1.807) is 18.7 Å². The number of para-hydroxylation sites is 1. The third-order valence-electron chi connectivity index (χ3n) is 4.52. The molecule has 0 unspecified atom stereocenters. The number of esters is 1. The van der Waals surface area contributed by atoms with Crippen LogP contribution in [-0.4, -0.2) is 30.9 Å². The first-order valence-electron chi connectivity index (χ1n) is 8.83. The van der Waals surface area contributed by atoms with Crippen LogP contribution in [0.1, 0.15) is 34.1 Å². The molecule has 0 bridgehead atoms. The summed E-state index contributed by atoms with van der Waals surface area (Å²) < 4.78 is 5.00. The highest BCUT2D eigenvalue weighted by molar-refractivity contribution is 7.18. The van der Waals surface area contributed by atoms with Crippen LogP contribution in [0.25, 0.3) is 0 Å². The van der Waals surface area contributed by atoms with E-state index in [9.17, 15) is 19.6 Å². The number of nitriles is 1. The minimum atomic E-state index is -0.535. The molecule has 1 fully saturated rings. The van der Waals surface area contributed by atoms with Crippen LogP contribution in [0.2, 0.25) is 0 Å². The lowest BCUT2D eigenvalue weighted by Gasteiger charge is -2.16. The second-order valence-electron chi connectivity index (χ2n) is 6.32. The summed E-state index contributed by atoms with van der Waals surface area (Å²) in [6.07, 6.45) is 0.0949. The zero-order valence-corrected chi connectivity index (χ0v) is 16.3. The predicted molar refractivity (Wildman–Crippen MR) is 105 cm³/mol. The number of nitrogens with one attached hydrogen (secondary N) is 1. The van der Waals surface area contributed by atoms with Crippen LogP contribution >= 0.6 is 11.3 Å². The van der Waals surface area contributed by atoms with Gasteiger partial charge in [0.1, 0.15) is 15.9 Å². The zero-order valence-electron chi connectivity index (χ0n) is 15.5. The van der Waals surface area contributed by atoms with E-state index in [4.69, 9.17) is 4.74 Å². The molecule has 2 amide bonds. The average molecular weight is 397 g/mol. The lowest BCUT2D eigenvalue weighted by atomic mass is 10.1. The largest absolute Gasteiger partial charge is 0.462 e. The maximum atomic E-state index is 12.7. The highest BCUT2D eigenvalue weighted by atomic mass is 32.1. The van der Waals surface area contributed by atoms with Gasteiger partial charge in [0.05, 0.1) is 18.1 Å².